The lowest BCUT2D eigenvalue weighted by molar-refractivity contribution is -0.672. The van der Waals surface area contributed by atoms with Gasteiger partial charge in [0, 0.05) is 0 Å². The molecule has 13 rings (SSSR count). The second-order valence-corrected chi connectivity index (χ2v) is 31.7. The van der Waals surface area contributed by atoms with Crippen molar-refractivity contribution in [2.75, 3.05) is 0 Å². The second kappa shape index (κ2) is 35.7. The highest BCUT2D eigenvalue weighted by atomic mass is 15.2. The van der Waals surface area contributed by atoms with Crippen molar-refractivity contribution in [1.82, 2.24) is 13.7 Å². The number of fused-ring (bicyclic) bond motifs is 3. The molecule has 9 aromatic rings. The van der Waals surface area contributed by atoms with Crippen LogP contribution in [-0.4, -0.2) is 13.7 Å². The molecule has 0 atom stereocenters. The molecule has 6 aromatic carbocycles. The van der Waals surface area contributed by atoms with Crippen LogP contribution >= 0.6 is 0 Å². The highest BCUT2D eigenvalue weighted by molar-refractivity contribution is 5.76. The number of unbranched alkanes of at least 4 members (excludes halogenated alkanes) is 33. The first-order chi connectivity index (χ1) is 47.9. The smallest absolute Gasteiger partial charge is 0.229 e. The van der Waals surface area contributed by atoms with Crippen LogP contribution in [0, 0.1) is 5.92 Å². The van der Waals surface area contributed by atoms with E-state index in [0.29, 0.717) is 5.92 Å². The van der Waals surface area contributed by atoms with Crippen LogP contribution in [0.3, 0.4) is 0 Å². The number of hydrogen-bond acceptors (Lipinski definition) is 0. The highest BCUT2D eigenvalue weighted by Gasteiger charge is 2.64. The molecule has 6 nitrogen and oxygen atoms in total. The molecular formula is C91H127N6+3. The van der Waals surface area contributed by atoms with E-state index in [1.165, 1.54) is 320 Å². The van der Waals surface area contributed by atoms with Gasteiger partial charge in [0.2, 0.25) is 19.0 Å². The van der Waals surface area contributed by atoms with Crippen molar-refractivity contribution in [1.29, 1.82) is 0 Å². The Bertz CT molecular complexity index is 3380. The second-order valence-electron chi connectivity index (χ2n) is 31.7. The summed E-state index contributed by atoms with van der Waals surface area (Å²) in [6, 6.07) is 57.7. The van der Waals surface area contributed by atoms with Crippen molar-refractivity contribution in [3.8, 4) is 17.1 Å². The van der Waals surface area contributed by atoms with Crippen LogP contribution in [0.2, 0.25) is 0 Å². The van der Waals surface area contributed by atoms with Gasteiger partial charge in [-0.3, -0.25) is 0 Å². The van der Waals surface area contributed by atoms with Crippen LogP contribution in [0.4, 0.5) is 0 Å². The van der Waals surface area contributed by atoms with Crippen LogP contribution < -0.4 is 13.7 Å². The summed E-state index contributed by atoms with van der Waals surface area (Å²) < 4.78 is 15.1. The number of hydrogen-bond donors (Lipinski definition) is 0. The van der Waals surface area contributed by atoms with E-state index in [-0.39, 0.29) is 16.2 Å². The summed E-state index contributed by atoms with van der Waals surface area (Å²) in [6.45, 7) is 10.2. The number of aromatic nitrogens is 6. The lowest BCUT2D eigenvalue weighted by Crippen LogP contribution is -2.61. The van der Waals surface area contributed by atoms with E-state index in [4.69, 9.17) is 0 Å². The van der Waals surface area contributed by atoms with Gasteiger partial charge < -0.3 is 0 Å². The molecule has 0 aliphatic heterocycles. The lowest BCUT2D eigenvalue weighted by Gasteiger charge is -2.67. The molecule has 4 fully saturated rings. The van der Waals surface area contributed by atoms with Crippen molar-refractivity contribution < 1.29 is 13.7 Å². The van der Waals surface area contributed by atoms with Crippen molar-refractivity contribution in [2.45, 2.75) is 326 Å². The third-order valence-electron chi connectivity index (χ3n) is 24.2. The minimum atomic E-state index is 0.0781. The van der Waals surface area contributed by atoms with Crippen molar-refractivity contribution in [2.24, 2.45) is 5.92 Å². The van der Waals surface area contributed by atoms with Crippen LogP contribution in [0.15, 0.2) is 165 Å². The molecule has 3 heterocycles. The summed E-state index contributed by atoms with van der Waals surface area (Å²) in [5, 5.41) is 0. The first-order valence-corrected chi connectivity index (χ1v) is 40.7. The van der Waals surface area contributed by atoms with Gasteiger partial charge in [-0.15, -0.1) is 0 Å². The fourth-order valence-electron chi connectivity index (χ4n) is 19.4. The molecule has 0 radical (unpaired) electrons. The molecule has 4 saturated carbocycles. The molecular weight excluding hydrogens is 1180 g/mol. The van der Waals surface area contributed by atoms with Gasteiger partial charge in [-0.05, 0) is 189 Å². The van der Waals surface area contributed by atoms with Gasteiger partial charge in [-0.1, -0.05) is 286 Å². The number of benzene rings is 6. The van der Waals surface area contributed by atoms with Crippen molar-refractivity contribution in [3.05, 3.63) is 181 Å². The van der Waals surface area contributed by atoms with E-state index in [1.807, 2.05) is 0 Å². The minimum Gasteiger partial charge on any atom is -0.229 e. The maximum Gasteiger partial charge on any atom is 0.249 e. The fraction of sp³-hybridized carbons (Fsp3) is 0.571. The zero-order chi connectivity index (χ0) is 66.4. The van der Waals surface area contributed by atoms with Gasteiger partial charge in [0.25, 0.3) is 0 Å². The largest absolute Gasteiger partial charge is 0.249 e. The quantitative estimate of drug-likeness (QED) is 0.0269. The third kappa shape index (κ3) is 17.7. The first-order valence-electron chi connectivity index (χ1n) is 40.7. The van der Waals surface area contributed by atoms with E-state index < -0.39 is 0 Å². The van der Waals surface area contributed by atoms with Gasteiger partial charge in [0.15, 0.2) is 33.1 Å². The molecule has 0 amide bonds. The number of aryl methyl sites for hydroxylation is 3. The molecule has 97 heavy (non-hydrogen) atoms. The normalized spacial score (nSPS) is 19.0. The molecule has 4 aliphatic carbocycles. The summed E-state index contributed by atoms with van der Waals surface area (Å²) in [5.41, 5.74) is 16.6. The summed E-state index contributed by atoms with van der Waals surface area (Å²) in [6.07, 6.45) is 64.3. The van der Waals surface area contributed by atoms with E-state index in [0.717, 1.165) is 19.6 Å². The molecule has 4 aliphatic rings. The van der Waals surface area contributed by atoms with E-state index >= 15 is 0 Å². The summed E-state index contributed by atoms with van der Waals surface area (Å²) in [5.74, 6) is 0.656. The van der Waals surface area contributed by atoms with Crippen LogP contribution in [0.25, 0.3) is 50.2 Å². The zero-order valence-corrected chi connectivity index (χ0v) is 61.2. The summed E-state index contributed by atoms with van der Waals surface area (Å²) in [7, 11) is 0. The zero-order valence-electron chi connectivity index (χ0n) is 61.2. The Hall–Kier alpha value is -6.27. The molecule has 6 heteroatoms. The van der Waals surface area contributed by atoms with Gasteiger partial charge >= 0.3 is 0 Å². The third-order valence-corrected chi connectivity index (χ3v) is 24.2. The standard InChI is InChI=1S/C91H127N6/c1-4-7-10-13-16-19-22-25-28-31-34-43-64-92-73-95(86-49-40-37-46-83(86)92)80-58-52-77(53-59-80)89-67-76-68-90(70-89,78-54-60-81(61-55-78)96-74-93(84-47-38-41-50-87(84)96)65-44-35-32-29-26-23-20-17-14-11-8-5-2)72-91(69-76,71-89)79-56-62-82(63-57-79)97-75-94(85-48-39-42-51-88(85)97)66-45-36-33-30-27-24-21-18-15-12-9-6-3/h37-42,46-63,73-76H,4-36,43-45,64-72H2,1-3H3/q+3. The van der Waals surface area contributed by atoms with Crippen LogP contribution in [0.5, 0.6) is 0 Å². The number of nitrogens with zero attached hydrogens (tertiary/aromatic N) is 6. The Balaban J connectivity index is 0.766. The fourth-order valence-corrected chi connectivity index (χ4v) is 19.4. The van der Waals surface area contributed by atoms with Crippen LogP contribution in [-0.2, 0) is 35.9 Å². The van der Waals surface area contributed by atoms with E-state index in [2.05, 4.69) is 213 Å². The molecule has 0 spiro atoms. The molecule has 4 bridgehead atoms. The highest BCUT2D eigenvalue weighted by Crippen LogP contribution is 2.71. The maximum atomic E-state index is 2.58. The van der Waals surface area contributed by atoms with Crippen molar-refractivity contribution in [3.63, 3.8) is 0 Å². The van der Waals surface area contributed by atoms with Gasteiger partial charge in [0.1, 0.15) is 17.1 Å². The Morgan fingerprint density at radius 3 is 0.722 bits per heavy atom. The number of para-hydroxylation sites is 6. The summed E-state index contributed by atoms with van der Waals surface area (Å²) in [4.78, 5) is 0. The van der Waals surface area contributed by atoms with Crippen molar-refractivity contribution >= 4 is 33.1 Å². The Morgan fingerprint density at radius 2 is 0.485 bits per heavy atom. The monoisotopic (exact) mass is 1300 g/mol. The SMILES string of the molecule is CCCCCCCCCCCCCC[n+]1cn(-c2ccc(C34CC5CC(c6ccc(-n7c[n+](CCCCCCCCCCCCCC)c8ccccc87)cc6)(C3)CC(c3ccc(-n6c[n+](CCCCCCCCCCCCCC)c7ccccc76)cc3)(C5)C4)cc2)c2ccccc21. The molecule has 0 N–H and O–H groups in total. The average molecular weight is 1310 g/mol. The Kier molecular flexibility index (Phi) is 26.0. The predicted octanol–water partition coefficient (Wildman–Crippen LogP) is 24.6. The molecule has 0 saturated heterocycles. The summed E-state index contributed by atoms with van der Waals surface area (Å²) >= 11 is 0. The maximum absolute atomic E-state index is 2.58. The van der Waals surface area contributed by atoms with Gasteiger partial charge in [0.05, 0.1) is 19.6 Å². The molecule has 518 valence electrons. The predicted molar refractivity (Wildman–Crippen MR) is 410 cm³/mol. The van der Waals surface area contributed by atoms with E-state index in [9.17, 15) is 0 Å². The van der Waals surface area contributed by atoms with Gasteiger partial charge in [-0.25, -0.2) is 13.7 Å². The van der Waals surface area contributed by atoms with Crippen LogP contribution in [0.1, 0.15) is 307 Å². The van der Waals surface area contributed by atoms with E-state index in [1.54, 1.807) is 16.7 Å². The molecule has 0 unspecified atom stereocenters. The molecule has 3 aromatic heterocycles. The Morgan fingerprint density at radius 1 is 0.268 bits per heavy atom. The lowest BCUT2D eigenvalue weighted by atomic mass is 9.36. The minimum absolute atomic E-state index is 0.0781. The number of imidazole rings is 3. The Labute approximate surface area is 587 Å². The average Bonchev–Trinajstić information content (AvgIpc) is 1.08. The number of rotatable bonds is 45. The van der Waals surface area contributed by atoms with Gasteiger partial charge in [-0.2, -0.15) is 13.7 Å². The topological polar surface area (TPSA) is 26.4 Å². The first kappa shape index (κ1) is 70.6.